The Labute approximate surface area is 117 Å². The lowest BCUT2D eigenvalue weighted by molar-refractivity contribution is 0.625. The van der Waals surface area contributed by atoms with Crippen molar-refractivity contribution in [1.29, 1.82) is 0 Å². The smallest absolute Gasteiger partial charge is 0.123 e. The quantitative estimate of drug-likeness (QED) is 0.786. The Bertz CT molecular complexity index is 717. The normalized spacial score (nSPS) is 12.5. The number of aromatic nitrogens is 1. The van der Waals surface area contributed by atoms with Gasteiger partial charge in [0.25, 0.3) is 0 Å². The second kappa shape index (κ2) is 5.39. The van der Waals surface area contributed by atoms with E-state index in [1.807, 2.05) is 30.3 Å². The number of pyridine rings is 1. The Morgan fingerprint density at radius 3 is 2.60 bits per heavy atom. The molecule has 0 saturated heterocycles. The first-order valence-electron chi connectivity index (χ1n) is 6.58. The first-order valence-corrected chi connectivity index (χ1v) is 6.58. The Morgan fingerprint density at radius 2 is 1.80 bits per heavy atom. The lowest BCUT2D eigenvalue weighted by Crippen LogP contribution is -2.13. The summed E-state index contributed by atoms with van der Waals surface area (Å²) in [7, 11) is 0. The Morgan fingerprint density at radius 1 is 1.00 bits per heavy atom. The number of nitrogens with two attached hydrogens (primary N) is 1. The average molecular weight is 266 g/mol. The van der Waals surface area contributed by atoms with Gasteiger partial charge < -0.3 is 5.73 Å². The number of benzene rings is 2. The van der Waals surface area contributed by atoms with Crippen LogP contribution in [0, 0.1) is 5.82 Å². The number of hydrogen-bond donors (Lipinski definition) is 1. The molecule has 1 atom stereocenters. The van der Waals surface area contributed by atoms with Gasteiger partial charge in [-0.15, -0.1) is 0 Å². The van der Waals surface area contributed by atoms with Gasteiger partial charge in [0.15, 0.2) is 0 Å². The van der Waals surface area contributed by atoms with Crippen LogP contribution in [-0.4, -0.2) is 4.98 Å². The lowest BCUT2D eigenvalue weighted by atomic mass is 9.96. The van der Waals surface area contributed by atoms with Crippen LogP contribution in [0.5, 0.6) is 0 Å². The molecule has 0 bridgehead atoms. The predicted octanol–water partition coefficient (Wildman–Crippen LogP) is 3.62. The molecule has 0 saturated carbocycles. The Kier molecular flexibility index (Phi) is 3.44. The first kappa shape index (κ1) is 12.8. The number of nitrogens with zero attached hydrogens (tertiary/aromatic N) is 1. The van der Waals surface area contributed by atoms with E-state index >= 15 is 0 Å². The molecule has 20 heavy (non-hydrogen) atoms. The summed E-state index contributed by atoms with van der Waals surface area (Å²) >= 11 is 0. The van der Waals surface area contributed by atoms with Crippen molar-refractivity contribution in [1.82, 2.24) is 4.98 Å². The van der Waals surface area contributed by atoms with Gasteiger partial charge in [0.1, 0.15) is 5.82 Å². The van der Waals surface area contributed by atoms with Gasteiger partial charge in [-0.05, 0) is 41.8 Å². The van der Waals surface area contributed by atoms with Crippen molar-refractivity contribution in [2.24, 2.45) is 5.73 Å². The minimum Gasteiger partial charge on any atom is -0.324 e. The van der Waals surface area contributed by atoms with E-state index in [1.165, 1.54) is 12.1 Å². The van der Waals surface area contributed by atoms with Gasteiger partial charge in [-0.3, -0.25) is 4.98 Å². The van der Waals surface area contributed by atoms with Crippen molar-refractivity contribution in [2.75, 3.05) is 0 Å². The third-order valence-electron chi connectivity index (χ3n) is 3.45. The van der Waals surface area contributed by atoms with Gasteiger partial charge in [-0.1, -0.05) is 30.3 Å². The highest BCUT2D eigenvalue weighted by Crippen LogP contribution is 2.24. The lowest BCUT2D eigenvalue weighted by Gasteiger charge is -2.14. The molecule has 1 heterocycles. The van der Waals surface area contributed by atoms with Crippen molar-refractivity contribution < 1.29 is 4.39 Å². The maximum absolute atomic E-state index is 12.9. The molecule has 3 aromatic rings. The molecule has 0 aliphatic heterocycles. The highest BCUT2D eigenvalue weighted by molar-refractivity contribution is 5.82. The van der Waals surface area contributed by atoms with Gasteiger partial charge in [0.05, 0.1) is 5.52 Å². The number of halogens is 1. The van der Waals surface area contributed by atoms with Crippen LogP contribution in [0.1, 0.15) is 17.2 Å². The summed E-state index contributed by atoms with van der Waals surface area (Å²) < 4.78 is 12.9. The van der Waals surface area contributed by atoms with Crippen molar-refractivity contribution in [3.8, 4) is 0 Å². The summed E-state index contributed by atoms with van der Waals surface area (Å²) in [6, 6.07) is 16.3. The van der Waals surface area contributed by atoms with E-state index < -0.39 is 0 Å². The zero-order chi connectivity index (χ0) is 13.9. The molecule has 0 amide bonds. The molecule has 0 aliphatic carbocycles. The fourth-order valence-corrected chi connectivity index (χ4v) is 2.43. The van der Waals surface area contributed by atoms with Crippen molar-refractivity contribution in [2.45, 2.75) is 12.5 Å². The summed E-state index contributed by atoms with van der Waals surface area (Å²) in [5.41, 5.74) is 9.35. The second-order valence-electron chi connectivity index (χ2n) is 4.85. The Balaban J connectivity index is 1.92. The number of fused-ring (bicyclic) bond motifs is 1. The zero-order valence-electron chi connectivity index (χ0n) is 11.0. The highest BCUT2D eigenvalue weighted by Gasteiger charge is 2.11. The predicted molar refractivity (Wildman–Crippen MR) is 78.8 cm³/mol. The molecule has 2 N–H and O–H groups in total. The first-order chi connectivity index (χ1) is 9.74. The van der Waals surface area contributed by atoms with Crippen LogP contribution in [-0.2, 0) is 6.42 Å². The third kappa shape index (κ3) is 2.53. The van der Waals surface area contributed by atoms with Gasteiger partial charge >= 0.3 is 0 Å². The molecule has 1 unspecified atom stereocenters. The molecule has 0 spiro atoms. The fourth-order valence-electron chi connectivity index (χ4n) is 2.43. The van der Waals surface area contributed by atoms with Crippen LogP contribution in [0.3, 0.4) is 0 Å². The van der Waals surface area contributed by atoms with Gasteiger partial charge in [-0.25, -0.2) is 4.39 Å². The zero-order valence-corrected chi connectivity index (χ0v) is 11.0. The van der Waals surface area contributed by atoms with E-state index in [0.29, 0.717) is 6.42 Å². The molecule has 3 rings (SSSR count). The van der Waals surface area contributed by atoms with Gasteiger partial charge in [-0.2, -0.15) is 0 Å². The molecular weight excluding hydrogens is 251 g/mol. The SMILES string of the molecule is NC(Cc1ccc(F)cc1)c1cccc2ncccc12. The molecule has 1 aromatic heterocycles. The summed E-state index contributed by atoms with van der Waals surface area (Å²) in [6.45, 7) is 0. The summed E-state index contributed by atoms with van der Waals surface area (Å²) in [6.07, 6.45) is 2.45. The van der Waals surface area contributed by atoms with E-state index in [4.69, 9.17) is 5.73 Å². The monoisotopic (exact) mass is 266 g/mol. The van der Waals surface area contributed by atoms with Gasteiger partial charge in [0, 0.05) is 17.6 Å². The van der Waals surface area contributed by atoms with E-state index in [-0.39, 0.29) is 11.9 Å². The molecule has 0 fully saturated rings. The van der Waals surface area contributed by atoms with Crippen molar-refractivity contribution in [3.05, 3.63) is 77.7 Å². The van der Waals surface area contributed by atoms with E-state index in [2.05, 4.69) is 4.98 Å². The molecule has 100 valence electrons. The van der Waals surface area contributed by atoms with Crippen molar-refractivity contribution in [3.63, 3.8) is 0 Å². The van der Waals surface area contributed by atoms with Crippen LogP contribution in [0.2, 0.25) is 0 Å². The summed E-state index contributed by atoms with van der Waals surface area (Å²) in [5, 5.41) is 1.07. The van der Waals surface area contributed by atoms with E-state index in [9.17, 15) is 4.39 Å². The van der Waals surface area contributed by atoms with E-state index in [1.54, 1.807) is 18.3 Å². The highest BCUT2D eigenvalue weighted by atomic mass is 19.1. The number of rotatable bonds is 3. The minimum absolute atomic E-state index is 0.131. The van der Waals surface area contributed by atoms with Crippen LogP contribution in [0.25, 0.3) is 10.9 Å². The topological polar surface area (TPSA) is 38.9 Å². The molecular formula is C17H15FN2. The fraction of sp³-hybridized carbons (Fsp3) is 0.118. The minimum atomic E-state index is -0.225. The van der Waals surface area contributed by atoms with Crippen LogP contribution in [0.4, 0.5) is 4.39 Å². The standard InChI is InChI=1S/C17H15FN2/c18-13-8-6-12(7-9-13)11-16(19)14-3-1-5-17-15(14)4-2-10-20-17/h1-10,16H,11,19H2. The second-order valence-corrected chi connectivity index (χ2v) is 4.85. The van der Waals surface area contributed by atoms with Crippen LogP contribution in [0.15, 0.2) is 60.8 Å². The molecule has 0 aliphatic rings. The molecule has 0 radical (unpaired) electrons. The largest absolute Gasteiger partial charge is 0.324 e. The maximum Gasteiger partial charge on any atom is 0.123 e. The van der Waals surface area contributed by atoms with Crippen LogP contribution >= 0.6 is 0 Å². The number of hydrogen-bond acceptors (Lipinski definition) is 2. The van der Waals surface area contributed by atoms with Crippen molar-refractivity contribution >= 4 is 10.9 Å². The third-order valence-corrected chi connectivity index (χ3v) is 3.45. The maximum atomic E-state index is 12.9. The summed E-state index contributed by atoms with van der Waals surface area (Å²) in [4.78, 5) is 4.34. The van der Waals surface area contributed by atoms with E-state index in [0.717, 1.165) is 22.0 Å². The molecule has 3 heteroatoms. The molecule has 2 nitrogen and oxygen atoms in total. The average Bonchev–Trinajstić information content (AvgIpc) is 2.49. The van der Waals surface area contributed by atoms with Crippen LogP contribution < -0.4 is 5.73 Å². The van der Waals surface area contributed by atoms with Gasteiger partial charge in [0.2, 0.25) is 0 Å². The Hall–Kier alpha value is -2.26. The summed E-state index contributed by atoms with van der Waals surface area (Å²) in [5.74, 6) is -0.225. The molecule has 2 aromatic carbocycles.